The van der Waals surface area contributed by atoms with E-state index in [4.69, 9.17) is 10.7 Å². The maximum absolute atomic E-state index is 6.39. The van der Waals surface area contributed by atoms with Crippen LogP contribution >= 0.6 is 22.6 Å². The molecule has 1 aliphatic rings. The Kier molecular flexibility index (Phi) is 3.18. The minimum atomic E-state index is 0.969. The largest absolute Gasteiger partial charge is 0.398 e. The zero-order valence-electron chi connectivity index (χ0n) is 10.6. The summed E-state index contributed by atoms with van der Waals surface area (Å²) >= 11 is 2.37. The molecule has 0 amide bonds. The highest BCUT2D eigenvalue weighted by molar-refractivity contribution is 14.1. The van der Waals surface area contributed by atoms with E-state index in [0.29, 0.717) is 0 Å². The second-order valence-electron chi connectivity index (χ2n) is 5.08. The van der Waals surface area contributed by atoms with Crippen molar-refractivity contribution in [1.82, 2.24) is 4.98 Å². The van der Waals surface area contributed by atoms with Gasteiger partial charge >= 0.3 is 0 Å². The number of aryl methyl sites for hydroxylation is 2. The summed E-state index contributed by atoms with van der Waals surface area (Å²) in [6, 6.07) is 4.26. The Labute approximate surface area is 121 Å². The van der Waals surface area contributed by atoms with Crippen molar-refractivity contribution in [3.8, 4) is 0 Å². The van der Waals surface area contributed by atoms with Crippen LogP contribution in [0.2, 0.25) is 0 Å². The molecule has 0 fully saturated rings. The van der Waals surface area contributed by atoms with E-state index in [1.807, 2.05) is 0 Å². The van der Waals surface area contributed by atoms with E-state index in [2.05, 4.69) is 41.6 Å². The van der Waals surface area contributed by atoms with Gasteiger partial charge in [0.15, 0.2) is 0 Å². The van der Waals surface area contributed by atoms with Crippen molar-refractivity contribution in [3.05, 3.63) is 32.5 Å². The van der Waals surface area contributed by atoms with E-state index < -0.39 is 0 Å². The number of nitrogens with two attached hydrogens (primary N) is 1. The van der Waals surface area contributed by atoms with Crippen LogP contribution in [0.4, 0.5) is 5.69 Å². The Morgan fingerprint density at radius 1 is 1.17 bits per heavy atom. The molecule has 2 aromatic rings. The van der Waals surface area contributed by atoms with Crippen LogP contribution in [0.3, 0.4) is 0 Å². The van der Waals surface area contributed by atoms with Gasteiger partial charge in [0.05, 0.1) is 5.52 Å². The van der Waals surface area contributed by atoms with Gasteiger partial charge in [-0.3, -0.25) is 4.98 Å². The summed E-state index contributed by atoms with van der Waals surface area (Å²) in [7, 11) is 0. The van der Waals surface area contributed by atoms with Gasteiger partial charge in [0.2, 0.25) is 0 Å². The monoisotopic (exact) mass is 352 g/mol. The summed E-state index contributed by atoms with van der Waals surface area (Å²) in [4.78, 5) is 4.91. The van der Waals surface area contributed by atoms with E-state index in [9.17, 15) is 0 Å². The quantitative estimate of drug-likeness (QED) is 0.575. The van der Waals surface area contributed by atoms with Crippen LogP contribution in [0, 0.1) is 10.5 Å². The lowest BCUT2D eigenvalue weighted by Gasteiger charge is -2.14. The fourth-order valence-corrected chi connectivity index (χ4v) is 3.25. The summed E-state index contributed by atoms with van der Waals surface area (Å²) in [5.74, 6) is 0. The molecule has 0 radical (unpaired) electrons. The number of nitrogen functional groups attached to an aromatic ring is 1. The Hall–Kier alpha value is -0.840. The van der Waals surface area contributed by atoms with Crippen molar-refractivity contribution in [1.29, 1.82) is 0 Å². The Bertz CT molecular complexity index is 620. The molecule has 0 unspecified atom stereocenters. The number of hydrogen-bond acceptors (Lipinski definition) is 2. The topological polar surface area (TPSA) is 38.9 Å². The molecule has 1 aliphatic carbocycles. The number of pyridine rings is 1. The van der Waals surface area contributed by atoms with Gasteiger partial charge in [-0.1, -0.05) is 6.42 Å². The molecule has 0 atom stereocenters. The average Bonchev–Trinajstić information content (AvgIpc) is 2.60. The molecule has 0 aliphatic heterocycles. The SMILES string of the molecule is Cc1c(I)ccc2c(N)c3c(nc12)CCCCC3. The first-order valence-corrected chi connectivity index (χ1v) is 7.62. The number of rotatable bonds is 0. The Morgan fingerprint density at radius 3 is 2.78 bits per heavy atom. The Balaban J connectivity index is 2.34. The number of aromatic nitrogens is 1. The van der Waals surface area contributed by atoms with Crippen LogP contribution in [0.25, 0.3) is 10.9 Å². The molecular formula is C15H17IN2. The molecule has 0 saturated carbocycles. The van der Waals surface area contributed by atoms with Crippen molar-refractivity contribution in [3.63, 3.8) is 0 Å². The van der Waals surface area contributed by atoms with Crippen molar-refractivity contribution in [2.24, 2.45) is 0 Å². The van der Waals surface area contributed by atoms with Crippen LogP contribution in [0.15, 0.2) is 12.1 Å². The first kappa shape index (κ1) is 12.2. The minimum absolute atomic E-state index is 0.969. The highest BCUT2D eigenvalue weighted by atomic mass is 127. The van der Waals surface area contributed by atoms with Gasteiger partial charge in [0.1, 0.15) is 0 Å². The maximum Gasteiger partial charge on any atom is 0.0765 e. The summed E-state index contributed by atoms with van der Waals surface area (Å²) in [6.45, 7) is 2.14. The number of fused-ring (bicyclic) bond motifs is 2. The third-order valence-electron chi connectivity index (χ3n) is 3.92. The zero-order chi connectivity index (χ0) is 12.7. The molecular weight excluding hydrogens is 335 g/mol. The smallest absolute Gasteiger partial charge is 0.0765 e. The number of halogens is 1. The fraction of sp³-hybridized carbons (Fsp3) is 0.400. The van der Waals surface area contributed by atoms with E-state index in [1.165, 1.54) is 39.7 Å². The van der Waals surface area contributed by atoms with Crippen molar-refractivity contribution < 1.29 is 0 Å². The predicted octanol–water partition coefficient (Wildman–Crippen LogP) is 4.00. The highest BCUT2D eigenvalue weighted by Gasteiger charge is 2.16. The molecule has 1 aromatic carbocycles. The van der Waals surface area contributed by atoms with Crippen LogP contribution in [0.5, 0.6) is 0 Å². The lowest BCUT2D eigenvalue weighted by atomic mass is 10.0. The van der Waals surface area contributed by atoms with Gasteiger partial charge < -0.3 is 5.73 Å². The molecule has 94 valence electrons. The Morgan fingerprint density at radius 2 is 1.94 bits per heavy atom. The lowest BCUT2D eigenvalue weighted by Crippen LogP contribution is -2.04. The molecule has 3 rings (SSSR count). The average molecular weight is 352 g/mol. The standard InChI is InChI=1S/C15H17IN2/c1-9-12(16)8-7-11-14(17)10-5-3-2-4-6-13(10)18-15(9)11/h7-8H,2-6H2,1H3,(H2,17,18). The summed E-state index contributed by atoms with van der Waals surface area (Å²) in [5, 5.41) is 1.13. The van der Waals surface area contributed by atoms with Gasteiger partial charge in [-0.05, 0) is 78.5 Å². The van der Waals surface area contributed by atoms with Gasteiger partial charge in [0, 0.05) is 20.3 Å². The zero-order valence-corrected chi connectivity index (χ0v) is 12.8. The molecule has 18 heavy (non-hydrogen) atoms. The molecule has 0 bridgehead atoms. The number of nitrogens with zero attached hydrogens (tertiary/aromatic N) is 1. The maximum atomic E-state index is 6.39. The minimum Gasteiger partial charge on any atom is -0.398 e. The third-order valence-corrected chi connectivity index (χ3v) is 5.08. The number of anilines is 1. The van der Waals surface area contributed by atoms with Gasteiger partial charge in [-0.2, -0.15) is 0 Å². The van der Waals surface area contributed by atoms with Gasteiger partial charge in [-0.15, -0.1) is 0 Å². The molecule has 0 spiro atoms. The van der Waals surface area contributed by atoms with Crippen LogP contribution in [-0.4, -0.2) is 4.98 Å². The summed E-state index contributed by atoms with van der Waals surface area (Å²) in [6.07, 6.45) is 5.96. The first-order chi connectivity index (χ1) is 8.68. The van der Waals surface area contributed by atoms with Crippen molar-refractivity contribution >= 4 is 39.2 Å². The van der Waals surface area contributed by atoms with Gasteiger partial charge in [-0.25, -0.2) is 0 Å². The van der Waals surface area contributed by atoms with E-state index in [-0.39, 0.29) is 0 Å². The normalized spacial score (nSPS) is 15.4. The van der Waals surface area contributed by atoms with E-state index in [1.54, 1.807) is 0 Å². The highest BCUT2D eigenvalue weighted by Crippen LogP contribution is 2.32. The van der Waals surface area contributed by atoms with Crippen molar-refractivity contribution in [2.45, 2.75) is 39.0 Å². The molecule has 2 N–H and O–H groups in total. The number of benzene rings is 1. The lowest BCUT2D eigenvalue weighted by molar-refractivity contribution is 0.709. The fourth-order valence-electron chi connectivity index (χ4n) is 2.81. The van der Waals surface area contributed by atoms with E-state index >= 15 is 0 Å². The van der Waals surface area contributed by atoms with Crippen molar-refractivity contribution in [2.75, 3.05) is 5.73 Å². The second kappa shape index (κ2) is 4.68. The molecule has 1 heterocycles. The molecule has 3 heteroatoms. The molecule has 1 aromatic heterocycles. The van der Waals surface area contributed by atoms with Crippen LogP contribution in [-0.2, 0) is 12.8 Å². The van der Waals surface area contributed by atoms with Crippen LogP contribution in [0.1, 0.15) is 36.1 Å². The molecule has 2 nitrogen and oxygen atoms in total. The molecule has 0 saturated heterocycles. The predicted molar refractivity (Wildman–Crippen MR) is 84.9 cm³/mol. The van der Waals surface area contributed by atoms with Crippen LogP contribution < -0.4 is 5.73 Å². The summed E-state index contributed by atoms with van der Waals surface area (Å²) < 4.78 is 1.26. The van der Waals surface area contributed by atoms with Gasteiger partial charge in [0.25, 0.3) is 0 Å². The first-order valence-electron chi connectivity index (χ1n) is 6.54. The number of hydrogen-bond donors (Lipinski definition) is 1. The second-order valence-corrected chi connectivity index (χ2v) is 6.24. The summed E-state index contributed by atoms with van der Waals surface area (Å²) in [5.41, 5.74) is 12.3. The van der Waals surface area contributed by atoms with E-state index in [0.717, 1.165) is 29.4 Å². The third kappa shape index (κ3) is 1.88.